The second-order valence-corrected chi connectivity index (χ2v) is 6.47. The van der Waals surface area contributed by atoms with Gasteiger partial charge in [0.1, 0.15) is 0 Å². The van der Waals surface area contributed by atoms with E-state index in [1.54, 1.807) is 11.4 Å². The first kappa shape index (κ1) is 17.9. The SMILES string of the molecule is O=C(CCNC(=O)c1ccsc1)NNc1c(Cl)cc(Cl)cc1Cl. The molecule has 0 saturated heterocycles. The number of rotatable bonds is 6. The molecule has 2 amide bonds. The number of benzene rings is 1. The maximum absolute atomic E-state index is 11.7. The van der Waals surface area contributed by atoms with E-state index in [0.29, 0.717) is 16.3 Å². The number of carbonyl (C=O) groups excluding carboxylic acids is 2. The number of anilines is 1. The lowest BCUT2D eigenvalue weighted by molar-refractivity contribution is -0.120. The number of carbonyl (C=O) groups is 2. The third-order valence-electron chi connectivity index (χ3n) is 2.75. The van der Waals surface area contributed by atoms with Crippen molar-refractivity contribution in [3.8, 4) is 0 Å². The zero-order valence-electron chi connectivity index (χ0n) is 11.7. The second kappa shape index (κ2) is 8.40. The Bertz CT molecular complexity index is 684. The van der Waals surface area contributed by atoms with Crippen molar-refractivity contribution in [2.45, 2.75) is 6.42 Å². The van der Waals surface area contributed by atoms with E-state index in [-0.39, 0.29) is 34.8 Å². The summed E-state index contributed by atoms with van der Waals surface area (Å²) in [7, 11) is 0. The molecule has 0 unspecified atom stereocenters. The number of hydrogen-bond donors (Lipinski definition) is 3. The number of amides is 2. The van der Waals surface area contributed by atoms with Gasteiger partial charge in [-0.15, -0.1) is 0 Å². The predicted molar refractivity (Wildman–Crippen MR) is 94.5 cm³/mol. The van der Waals surface area contributed by atoms with Crippen LogP contribution in [0.2, 0.25) is 15.1 Å². The Morgan fingerprint density at radius 1 is 1.13 bits per heavy atom. The summed E-state index contributed by atoms with van der Waals surface area (Å²) in [6.45, 7) is 0.213. The van der Waals surface area contributed by atoms with Crippen LogP contribution in [0.25, 0.3) is 0 Å². The first-order valence-corrected chi connectivity index (χ1v) is 8.55. The molecule has 5 nitrogen and oxygen atoms in total. The summed E-state index contributed by atoms with van der Waals surface area (Å²) in [6, 6.07) is 4.72. The van der Waals surface area contributed by atoms with Crippen LogP contribution in [-0.2, 0) is 4.79 Å². The molecule has 0 spiro atoms. The van der Waals surface area contributed by atoms with Crippen LogP contribution >= 0.6 is 46.1 Å². The fourth-order valence-corrected chi connectivity index (χ4v) is 3.19. The summed E-state index contributed by atoms with van der Waals surface area (Å²) in [5.74, 6) is -0.534. The predicted octanol–water partition coefficient (Wildman–Crippen LogP) is 3.97. The summed E-state index contributed by atoms with van der Waals surface area (Å²) >= 11 is 19.2. The average molecular weight is 393 g/mol. The molecular weight excluding hydrogens is 381 g/mol. The van der Waals surface area contributed by atoms with Crippen molar-refractivity contribution in [3.63, 3.8) is 0 Å². The van der Waals surface area contributed by atoms with Crippen LogP contribution in [0.5, 0.6) is 0 Å². The molecule has 2 aromatic rings. The molecule has 9 heteroatoms. The molecule has 1 aromatic heterocycles. The summed E-state index contributed by atoms with van der Waals surface area (Å²) in [5.41, 5.74) is 6.03. The van der Waals surface area contributed by atoms with E-state index >= 15 is 0 Å². The summed E-state index contributed by atoms with van der Waals surface area (Å²) in [6.07, 6.45) is 0.103. The largest absolute Gasteiger partial charge is 0.351 e. The molecule has 1 heterocycles. The highest BCUT2D eigenvalue weighted by molar-refractivity contribution is 7.08. The van der Waals surface area contributed by atoms with Crippen LogP contribution in [-0.4, -0.2) is 18.4 Å². The van der Waals surface area contributed by atoms with E-state index in [2.05, 4.69) is 16.2 Å². The summed E-state index contributed by atoms with van der Waals surface area (Å²) < 4.78 is 0. The van der Waals surface area contributed by atoms with Gasteiger partial charge in [0.25, 0.3) is 5.91 Å². The van der Waals surface area contributed by atoms with Gasteiger partial charge in [0, 0.05) is 28.9 Å². The van der Waals surface area contributed by atoms with Gasteiger partial charge >= 0.3 is 0 Å². The van der Waals surface area contributed by atoms with Crippen LogP contribution in [0.15, 0.2) is 29.0 Å². The van der Waals surface area contributed by atoms with Crippen molar-refractivity contribution in [2.24, 2.45) is 0 Å². The number of hydrazine groups is 1. The molecule has 0 atom stereocenters. The standard InChI is InChI=1S/C14H12Cl3N3O2S/c15-9-5-10(16)13(11(17)6-9)20-19-12(21)1-3-18-14(22)8-2-4-23-7-8/h2,4-7,20H,1,3H2,(H,18,22)(H,19,21). The van der Waals surface area contributed by atoms with Gasteiger partial charge in [-0.2, -0.15) is 11.3 Å². The van der Waals surface area contributed by atoms with Crippen LogP contribution in [0.1, 0.15) is 16.8 Å². The van der Waals surface area contributed by atoms with Gasteiger partial charge in [-0.1, -0.05) is 34.8 Å². The van der Waals surface area contributed by atoms with Crippen LogP contribution in [0.4, 0.5) is 5.69 Å². The first-order valence-electron chi connectivity index (χ1n) is 6.47. The van der Waals surface area contributed by atoms with E-state index in [1.807, 2.05) is 5.38 Å². The number of thiophene rings is 1. The monoisotopic (exact) mass is 391 g/mol. The highest BCUT2D eigenvalue weighted by Gasteiger charge is 2.10. The minimum Gasteiger partial charge on any atom is -0.351 e. The molecule has 3 N–H and O–H groups in total. The fourth-order valence-electron chi connectivity index (χ4n) is 1.64. The van der Waals surface area contributed by atoms with Crippen molar-refractivity contribution < 1.29 is 9.59 Å². The molecule has 1 aromatic carbocycles. The fraction of sp³-hybridized carbons (Fsp3) is 0.143. The Labute approximate surface area is 151 Å². The van der Waals surface area contributed by atoms with E-state index < -0.39 is 0 Å². The van der Waals surface area contributed by atoms with Gasteiger partial charge in [-0.25, -0.2) is 0 Å². The van der Waals surface area contributed by atoms with Crippen LogP contribution in [0, 0.1) is 0 Å². The molecule has 0 aliphatic heterocycles. The topological polar surface area (TPSA) is 70.2 Å². The Morgan fingerprint density at radius 3 is 2.43 bits per heavy atom. The van der Waals surface area contributed by atoms with E-state index in [4.69, 9.17) is 34.8 Å². The zero-order valence-corrected chi connectivity index (χ0v) is 14.7. The quantitative estimate of drug-likeness (QED) is 0.651. The third-order valence-corrected chi connectivity index (χ3v) is 4.25. The Kier molecular flexibility index (Phi) is 6.53. The van der Waals surface area contributed by atoms with Gasteiger partial charge in [0.15, 0.2) is 0 Å². The number of hydrogen-bond acceptors (Lipinski definition) is 4. The minimum absolute atomic E-state index is 0.103. The Morgan fingerprint density at radius 2 is 1.83 bits per heavy atom. The molecule has 0 saturated carbocycles. The molecule has 122 valence electrons. The highest BCUT2D eigenvalue weighted by atomic mass is 35.5. The number of halogens is 3. The van der Waals surface area contributed by atoms with E-state index in [0.717, 1.165) is 0 Å². The maximum atomic E-state index is 11.7. The molecule has 0 fully saturated rings. The summed E-state index contributed by atoms with van der Waals surface area (Å²) in [4.78, 5) is 23.4. The smallest absolute Gasteiger partial charge is 0.252 e. The molecule has 2 rings (SSSR count). The van der Waals surface area contributed by atoms with Gasteiger partial charge < -0.3 is 5.32 Å². The average Bonchev–Trinajstić information content (AvgIpc) is 3.00. The molecule has 0 aliphatic rings. The molecule has 23 heavy (non-hydrogen) atoms. The number of nitrogens with one attached hydrogen (secondary N) is 3. The first-order chi connectivity index (χ1) is 11.0. The second-order valence-electron chi connectivity index (χ2n) is 4.44. The van der Waals surface area contributed by atoms with Gasteiger partial charge in [0.2, 0.25) is 5.91 Å². The van der Waals surface area contributed by atoms with Gasteiger partial charge in [-0.05, 0) is 23.6 Å². The highest BCUT2D eigenvalue weighted by Crippen LogP contribution is 2.32. The van der Waals surface area contributed by atoms with Crippen LogP contribution in [0.3, 0.4) is 0 Å². The van der Waals surface area contributed by atoms with Crippen molar-refractivity contribution in [1.29, 1.82) is 0 Å². The van der Waals surface area contributed by atoms with Crippen molar-refractivity contribution in [2.75, 3.05) is 12.0 Å². The minimum atomic E-state index is -0.322. The third kappa shape index (κ3) is 5.28. The van der Waals surface area contributed by atoms with Gasteiger partial charge in [-0.3, -0.25) is 20.4 Å². The van der Waals surface area contributed by atoms with Gasteiger partial charge in [0.05, 0.1) is 15.7 Å². The molecule has 0 aliphatic carbocycles. The lowest BCUT2D eigenvalue weighted by Gasteiger charge is -2.12. The van der Waals surface area contributed by atoms with E-state index in [9.17, 15) is 9.59 Å². The molecule has 0 radical (unpaired) electrons. The van der Waals surface area contributed by atoms with E-state index in [1.165, 1.54) is 23.5 Å². The molecule has 0 bridgehead atoms. The summed E-state index contributed by atoms with van der Waals surface area (Å²) in [5, 5.41) is 7.17. The Balaban J connectivity index is 1.76. The lowest BCUT2D eigenvalue weighted by Crippen LogP contribution is -2.33. The molecular formula is C14H12Cl3N3O2S. The normalized spacial score (nSPS) is 10.2. The van der Waals surface area contributed by atoms with Crippen molar-refractivity contribution in [3.05, 3.63) is 49.6 Å². The van der Waals surface area contributed by atoms with Crippen molar-refractivity contribution in [1.82, 2.24) is 10.7 Å². The lowest BCUT2D eigenvalue weighted by atomic mass is 10.3. The maximum Gasteiger partial charge on any atom is 0.252 e. The van der Waals surface area contributed by atoms with Crippen molar-refractivity contribution >= 4 is 63.6 Å². The van der Waals surface area contributed by atoms with Crippen LogP contribution < -0.4 is 16.2 Å². The Hall–Kier alpha value is -1.47. The zero-order chi connectivity index (χ0) is 16.8.